The third-order valence-electron chi connectivity index (χ3n) is 1.62. The van der Waals surface area contributed by atoms with Gasteiger partial charge < -0.3 is 4.74 Å². The molecule has 0 unspecified atom stereocenters. The molecule has 0 spiro atoms. The van der Waals surface area contributed by atoms with Crippen LogP contribution in [0.5, 0.6) is 5.75 Å². The quantitative estimate of drug-likeness (QED) is 0.568. The molecule has 0 saturated heterocycles. The molecular weight excluding hydrogens is 152 g/mol. The van der Waals surface area contributed by atoms with Gasteiger partial charge in [0.2, 0.25) is 0 Å². The number of hydrogen-bond donors (Lipinski definition) is 0. The van der Waals surface area contributed by atoms with Crippen LogP contribution in [-0.2, 0) is 6.54 Å². The maximum atomic E-state index is 5.25. The summed E-state index contributed by atoms with van der Waals surface area (Å²) in [5, 5.41) is 0. The van der Waals surface area contributed by atoms with E-state index in [1.54, 1.807) is 0 Å². The van der Waals surface area contributed by atoms with Gasteiger partial charge in [-0.1, -0.05) is 18.2 Å². The van der Waals surface area contributed by atoms with E-state index in [0.29, 0.717) is 6.54 Å². The van der Waals surface area contributed by atoms with Crippen LogP contribution in [0.15, 0.2) is 34.3 Å². The molecule has 1 heterocycles. The van der Waals surface area contributed by atoms with Gasteiger partial charge in [-0.15, -0.1) is 0 Å². The third kappa shape index (κ3) is 1.34. The first-order chi connectivity index (χ1) is 5.97. The zero-order valence-corrected chi connectivity index (χ0v) is 6.47. The SMILES string of the molecule is C1=NC=NCc2ccccc2O1. The van der Waals surface area contributed by atoms with E-state index < -0.39 is 0 Å². The van der Waals surface area contributed by atoms with Crippen LogP contribution in [0.2, 0.25) is 0 Å². The molecular formula is C9H8N2O. The molecule has 1 aliphatic rings. The van der Waals surface area contributed by atoms with Crippen molar-refractivity contribution in [2.75, 3.05) is 0 Å². The molecule has 0 aliphatic carbocycles. The predicted molar refractivity (Wildman–Crippen MR) is 47.8 cm³/mol. The van der Waals surface area contributed by atoms with Crippen LogP contribution in [0.25, 0.3) is 0 Å². The molecule has 1 aliphatic heterocycles. The summed E-state index contributed by atoms with van der Waals surface area (Å²) in [4.78, 5) is 7.86. The Morgan fingerprint density at radius 2 is 2.17 bits per heavy atom. The van der Waals surface area contributed by atoms with Gasteiger partial charge in [-0.25, -0.2) is 4.99 Å². The molecule has 0 radical (unpaired) electrons. The second-order valence-electron chi connectivity index (χ2n) is 2.44. The molecule has 0 saturated carbocycles. The molecule has 0 aromatic heterocycles. The lowest BCUT2D eigenvalue weighted by Gasteiger charge is -2.05. The lowest BCUT2D eigenvalue weighted by molar-refractivity contribution is 0.564. The smallest absolute Gasteiger partial charge is 0.182 e. The number of rotatable bonds is 0. The minimum atomic E-state index is 0.632. The fourth-order valence-corrected chi connectivity index (χ4v) is 1.05. The van der Waals surface area contributed by atoms with Gasteiger partial charge in [-0.2, -0.15) is 0 Å². The highest BCUT2D eigenvalue weighted by Crippen LogP contribution is 2.18. The summed E-state index contributed by atoms with van der Waals surface area (Å²) < 4.78 is 5.25. The standard InChI is InChI=1S/C9H8N2O/c1-2-4-9-8(3-1)5-10-6-11-7-12-9/h1-4,6-7H,5H2. The van der Waals surface area contributed by atoms with E-state index in [1.807, 2.05) is 24.3 Å². The monoisotopic (exact) mass is 160 g/mol. The molecule has 1 aromatic carbocycles. The fraction of sp³-hybridized carbons (Fsp3) is 0.111. The van der Waals surface area contributed by atoms with E-state index in [4.69, 9.17) is 4.74 Å². The summed E-state index contributed by atoms with van der Waals surface area (Å²) in [6, 6.07) is 7.79. The van der Waals surface area contributed by atoms with Crippen molar-refractivity contribution < 1.29 is 4.74 Å². The van der Waals surface area contributed by atoms with Gasteiger partial charge in [0.25, 0.3) is 0 Å². The maximum Gasteiger partial charge on any atom is 0.182 e. The van der Waals surface area contributed by atoms with Crippen molar-refractivity contribution in [1.82, 2.24) is 0 Å². The van der Waals surface area contributed by atoms with Crippen molar-refractivity contribution in [1.29, 1.82) is 0 Å². The second-order valence-corrected chi connectivity index (χ2v) is 2.44. The van der Waals surface area contributed by atoms with Crippen LogP contribution in [0, 0.1) is 0 Å². The third-order valence-corrected chi connectivity index (χ3v) is 1.62. The van der Waals surface area contributed by atoms with E-state index in [-0.39, 0.29) is 0 Å². The molecule has 3 heteroatoms. The summed E-state index contributed by atoms with van der Waals surface area (Å²) in [6.45, 7) is 0.632. The molecule has 2 rings (SSSR count). The second kappa shape index (κ2) is 3.17. The molecule has 12 heavy (non-hydrogen) atoms. The Morgan fingerprint density at radius 1 is 1.25 bits per heavy atom. The van der Waals surface area contributed by atoms with E-state index >= 15 is 0 Å². The maximum absolute atomic E-state index is 5.25. The Bertz CT molecular complexity index is 298. The minimum Gasteiger partial charge on any atom is -0.445 e. The highest BCUT2D eigenvalue weighted by molar-refractivity contribution is 5.70. The van der Waals surface area contributed by atoms with E-state index in [2.05, 4.69) is 9.98 Å². The summed E-state index contributed by atoms with van der Waals surface area (Å²) >= 11 is 0. The summed E-state index contributed by atoms with van der Waals surface area (Å²) in [6.07, 6.45) is 2.89. The van der Waals surface area contributed by atoms with E-state index in [0.717, 1.165) is 11.3 Å². The van der Waals surface area contributed by atoms with Crippen LogP contribution in [0.1, 0.15) is 5.56 Å². The van der Waals surface area contributed by atoms with Crippen molar-refractivity contribution in [2.24, 2.45) is 9.98 Å². The zero-order chi connectivity index (χ0) is 8.23. The van der Waals surface area contributed by atoms with Gasteiger partial charge >= 0.3 is 0 Å². The van der Waals surface area contributed by atoms with Gasteiger partial charge in [-0.05, 0) is 6.07 Å². The first-order valence-electron chi connectivity index (χ1n) is 3.71. The Kier molecular flexibility index (Phi) is 1.86. The number of para-hydroxylation sites is 1. The average molecular weight is 160 g/mol. The Balaban J connectivity index is 2.40. The minimum absolute atomic E-state index is 0.632. The zero-order valence-electron chi connectivity index (χ0n) is 6.47. The van der Waals surface area contributed by atoms with Crippen molar-refractivity contribution in [3.63, 3.8) is 0 Å². The Morgan fingerprint density at radius 3 is 3.17 bits per heavy atom. The molecule has 0 bridgehead atoms. The molecule has 0 amide bonds. The van der Waals surface area contributed by atoms with Crippen LogP contribution >= 0.6 is 0 Å². The van der Waals surface area contributed by atoms with Gasteiger partial charge in [-0.3, -0.25) is 4.99 Å². The van der Waals surface area contributed by atoms with E-state index in [9.17, 15) is 0 Å². The summed E-state index contributed by atoms with van der Waals surface area (Å²) in [7, 11) is 0. The highest BCUT2D eigenvalue weighted by atomic mass is 16.5. The van der Waals surface area contributed by atoms with Crippen LogP contribution in [0.4, 0.5) is 0 Å². The van der Waals surface area contributed by atoms with Crippen molar-refractivity contribution in [2.45, 2.75) is 6.54 Å². The summed E-state index contributed by atoms with van der Waals surface area (Å²) in [5.41, 5.74) is 1.08. The Labute approximate surface area is 70.4 Å². The van der Waals surface area contributed by atoms with Crippen molar-refractivity contribution in [3.05, 3.63) is 29.8 Å². The molecule has 1 aromatic rings. The molecule has 0 fully saturated rings. The lowest BCUT2D eigenvalue weighted by atomic mass is 10.2. The van der Waals surface area contributed by atoms with Crippen LogP contribution < -0.4 is 4.74 Å². The highest BCUT2D eigenvalue weighted by Gasteiger charge is 2.00. The van der Waals surface area contributed by atoms with Gasteiger partial charge in [0.15, 0.2) is 6.40 Å². The number of ether oxygens (including phenoxy) is 1. The fourth-order valence-electron chi connectivity index (χ4n) is 1.05. The molecule has 0 N–H and O–H groups in total. The van der Waals surface area contributed by atoms with Crippen LogP contribution in [-0.4, -0.2) is 12.7 Å². The topological polar surface area (TPSA) is 34.0 Å². The molecule has 0 atom stereocenters. The van der Waals surface area contributed by atoms with E-state index in [1.165, 1.54) is 12.7 Å². The number of nitrogens with zero attached hydrogens (tertiary/aromatic N) is 2. The van der Waals surface area contributed by atoms with Gasteiger partial charge in [0.05, 0.1) is 6.54 Å². The number of aliphatic imine (C=N–C) groups is 2. The number of fused-ring (bicyclic) bond motifs is 1. The average Bonchev–Trinajstić information content (AvgIpc) is 2.06. The predicted octanol–water partition coefficient (Wildman–Crippen LogP) is 1.64. The normalized spacial score (nSPS) is 14.3. The lowest BCUT2D eigenvalue weighted by Crippen LogP contribution is -1.97. The largest absolute Gasteiger partial charge is 0.445 e. The first-order valence-corrected chi connectivity index (χ1v) is 3.71. The molecule has 60 valence electrons. The number of hydrogen-bond acceptors (Lipinski definition) is 3. The van der Waals surface area contributed by atoms with Gasteiger partial charge in [0.1, 0.15) is 12.1 Å². The van der Waals surface area contributed by atoms with Gasteiger partial charge in [0, 0.05) is 5.56 Å². The Hall–Kier alpha value is -1.64. The number of benzene rings is 1. The first kappa shape index (κ1) is 7.03. The molecule has 3 nitrogen and oxygen atoms in total. The summed E-state index contributed by atoms with van der Waals surface area (Å²) in [5.74, 6) is 0.832. The van der Waals surface area contributed by atoms with Crippen molar-refractivity contribution in [3.8, 4) is 5.75 Å². The van der Waals surface area contributed by atoms with Crippen LogP contribution in [0.3, 0.4) is 0 Å². The van der Waals surface area contributed by atoms with Crippen molar-refractivity contribution >= 4 is 12.7 Å².